The monoisotopic (exact) mass is 176 g/mol. The molecule has 0 fully saturated rings. The van der Waals surface area contributed by atoms with Crippen LogP contribution in [0, 0.1) is 5.92 Å². The maximum Gasteiger partial charge on any atom is 0.314 e. The third-order valence-corrected chi connectivity index (χ3v) is 1.76. The van der Waals surface area contributed by atoms with Gasteiger partial charge in [-0.3, -0.25) is 9.59 Å². The molecule has 0 aromatic carbocycles. The molecule has 0 rings (SSSR count). The van der Waals surface area contributed by atoms with Gasteiger partial charge in [-0.2, -0.15) is 12.6 Å². The van der Waals surface area contributed by atoms with E-state index in [0.717, 1.165) is 0 Å². The van der Waals surface area contributed by atoms with Crippen LogP contribution in [0.3, 0.4) is 0 Å². The maximum atomic E-state index is 10.7. The second-order valence-corrected chi connectivity index (χ2v) is 2.81. The minimum Gasteiger partial charge on any atom is -0.481 e. The molecule has 0 radical (unpaired) electrons. The molecule has 0 aromatic rings. The molecule has 0 aliphatic heterocycles. The Morgan fingerprint density at radius 1 is 1.55 bits per heavy atom. The summed E-state index contributed by atoms with van der Waals surface area (Å²) in [6.07, 6.45) is 1.06. The zero-order chi connectivity index (χ0) is 8.85. The average Bonchev–Trinajstić information content (AvgIpc) is 1.87. The number of rotatable bonds is 5. The summed E-state index contributed by atoms with van der Waals surface area (Å²) in [5.74, 6) is -1.52. The molecule has 0 aliphatic carbocycles. The van der Waals surface area contributed by atoms with E-state index >= 15 is 0 Å². The Labute approximate surface area is 71.2 Å². The fourth-order valence-corrected chi connectivity index (χ4v) is 0.979. The van der Waals surface area contributed by atoms with Gasteiger partial charge in [-0.25, -0.2) is 0 Å². The lowest BCUT2D eigenvalue weighted by molar-refractivity contribution is -0.145. The van der Waals surface area contributed by atoms with Crippen LogP contribution in [0.4, 0.5) is 0 Å². The van der Waals surface area contributed by atoms with Crippen LogP contribution in [-0.2, 0) is 9.59 Å². The van der Waals surface area contributed by atoms with Crippen molar-refractivity contribution in [2.24, 2.45) is 5.92 Å². The lowest BCUT2D eigenvalue weighted by Crippen LogP contribution is -2.21. The number of hydrogen-bond donors (Lipinski definition) is 2. The van der Waals surface area contributed by atoms with Crippen molar-refractivity contribution in [1.82, 2.24) is 0 Å². The van der Waals surface area contributed by atoms with E-state index in [1.165, 1.54) is 6.92 Å². The molecule has 0 aromatic heterocycles. The van der Waals surface area contributed by atoms with Crippen molar-refractivity contribution in [1.29, 1.82) is 0 Å². The summed E-state index contributed by atoms with van der Waals surface area (Å²) < 4.78 is 0. The summed E-state index contributed by atoms with van der Waals surface area (Å²) in [6, 6.07) is 0. The largest absolute Gasteiger partial charge is 0.481 e. The van der Waals surface area contributed by atoms with Gasteiger partial charge in [-0.1, -0.05) is 0 Å². The molecule has 0 spiro atoms. The van der Waals surface area contributed by atoms with Gasteiger partial charge < -0.3 is 5.11 Å². The van der Waals surface area contributed by atoms with Gasteiger partial charge in [0.25, 0.3) is 0 Å². The van der Waals surface area contributed by atoms with Crippen molar-refractivity contribution in [3.05, 3.63) is 0 Å². The minimum atomic E-state index is -1.03. The number of thiol groups is 1. The lowest BCUT2D eigenvalue weighted by Gasteiger charge is -2.05. The summed E-state index contributed by atoms with van der Waals surface area (Å²) in [5.41, 5.74) is 0. The van der Waals surface area contributed by atoms with Crippen LogP contribution in [0.25, 0.3) is 0 Å². The number of Topliss-reactive ketones (excluding diaryl/α,β-unsaturated/α-hetero) is 1. The van der Waals surface area contributed by atoms with Gasteiger partial charge in [0.05, 0.1) is 0 Å². The van der Waals surface area contributed by atoms with Gasteiger partial charge >= 0.3 is 5.97 Å². The number of aliphatic carboxylic acids is 1. The van der Waals surface area contributed by atoms with E-state index in [1.54, 1.807) is 0 Å². The van der Waals surface area contributed by atoms with E-state index in [-0.39, 0.29) is 5.78 Å². The quantitative estimate of drug-likeness (QED) is 0.485. The highest BCUT2D eigenvalue weighted by Gasteiger charge is 2.21. The van der Waals surface area contributed by atoms with Gasteiger partial charge in [0.1, 0.15) is 11.7 Å². The number of carboxylic acid groups (broad SMARTS) is 1. The fraction of sp³-hybridized carbons (Fsp3) is 0.714. The summed E-state index contributed by atoms with van der Waals surface area (Å²) >= 11 is 3.93. The van der Waals surface area contributed by atoms with Crippen LogP contribution in [-0.4, -0.2) is 22.6 Å². The molecule has 1 unspecified atom stereocenters. The molecule has 11 heavy (non-hydrogen) atoms. The molecular formula is C7H12O3S. The number of ketones is 1. The Morgan fingerprint density at radius 2 is 2.09 bits per heavy atom. The van der Waals surface area contributed by atoms with Crippen molar-refractivity contribution in [3.8, 4) is 0 Å². The molecule has 1 N–H and O–H groups in total. The summed E-state index contributed by atoms with van der Waals surface area (Å²) in [7, 11) is 0. The van der Waals surface area contributed by atoms with Crippen molar-refractivity contribution in [3.63, 3.8) is 0 Å². The Morgan fingerprint density at radius 3 is 2.36 bits per heavy atom. The Hall–Kier alpha value is -0.510. The second-order valence-electron chi connectivity index (χ2n) is 2.37. The van der Waals surface area contributed by atoms with Crippen LogP contribution >= 0.6 is 12.6 Å². The van der Waals surface area contributed by atoms with Crippen LogP contribution in [0.1, 0.15) is 19.8 Å². The van der Waals surface area contributed by atoms with E-state index in [0.29, 0.717) is 18.6 Å². The molecule has 0 bridgehead atoms. The number of carbonyl (C=O) groups excluding carboxylic acids is 1. The summed E-state index contributed by atoms with van der Waals surface area (Å²) in [4.78, 5) is 21.1. The SMILES string of the molecule is CC(=O)C(CCCS)C(=O)O. The molecule has 0 aliphatic rings. The molecule has 0 amide bonds. The standard InChI is InChI=1S/C7H12O3S/c1-5(8)6(7(9)10)3-2-4-11/h6,11H,2-4H2,1H3,(H,9,10). The highest BCUT2D eigenvalue weighted by Crippen LogP contribution is 2.08. The van der Waals surface area contributed by atoms with Gasteiger partial charge in [0.15, 0.2) is 0 Å². The third kappa shape index (κ3) is 4.03. The fourth-order valence-electron chi connectivity index (χ4n) is 0.796. The lowest BCUT2D eigenvalue weighted by atomic mass is 10.0. The van der Waals surface area contributed by atoms with Crippen molar-refractivity contribution >= 4 is 24.4 Å². The zero-order valence-electron chi connectivity index (χ0n) is 6.41. The zero-order valence-corrected chi connectivity index (χ0v) is 7.30. The van der Waals surface area contributed by atoms with E-state index in [9.17, 15) is 9.59 Å². The van der Waals surface area contributed by atoms with Crippen LogP contribution in [0.5, 0.6) is 0 Å². The molecule has 0 saturated heterocycles. The molecule has 4 heteroatoms. The number of hydrogen-bond acceptors (Lipinski definition) is 3. The van der Waals surface area contributed by atoms with Gasteiger partial charge in [0.2, 0.25) is 0 Å². The van der Waals surface area contributed by atoms with Crippen LogP contribution < -0.4 is 0 Å². The number of carboxylic acids is 1. The van der Waals surface area contributed by atoms with Crippen molar-refractivity contribution in [2.45, 2.75) is 19.8 Å². The third-order valence-electron chi connectivity index (χ3n) is 1.44. The number of carbonyl (C=O) groups is 2. The molecule has 3 nitrogen and oxygen atoms in total. The average molecular weight is 176 g/mol. The summed E-state index contributed by atoms with van der Waals surface area (Å²) in [6.45, 7) is 1.30. The molecular weight excluding hydrogens is 164 g/mol. The molecule has 1 atom stereocenters. The van der Waals surface area contributed by atoms with E-state index in [1.807, 2.05) is 0 Å². The van der Waals surface area contributed by atoms with Crippen LogP contribution in [0.15, 0.2) is 0 Å². The van der Waals surface area contributed by atoms with Gasteiger partial charge in [-0.05, 0) is 25.5 Å². The highest BCUT2D eigenvalue weighted by molar-refractivity contribution is 7.80. The van der Waals surface area contributed by atoms with E-state index in [4.69, 9.17) is 5.11 Å². The topological polar surface area (TPSA) is 54.4 Å². The van der Waals surface area contributed by atoms with E-state index in [2.05, 4.69) is 12.6 Å². The Bertz CT molecular complexity index is 142. The first kappa shape index (κ1) is 10.5. The molecule has 0 heterocycles. The highest BCUT2D eigenvalue weighted by atomic mass is 32.1. The van der Waals surface area contributed by atoms with E-state index < -0.39 is 11.9 Å². The van der Waals surface area contributed by atoms with Gasteiger partial charge in [0, 0.05) is 0 Å². The van der Waals surface area contributed by atoms with Crippen molar-refractivity contribution < 1.29 is 14.7 Å². The summed E-state index contributed by atoms with van der Waals surface area (Å²) in [5, 5.41) is 8.52. The first-order valence-corrected chi connectivity index (χ1v) is 4.07. The predicted octanol–water partition coefficient (Wildman–Crippen LogP) is 0.986. The molecule has 0 saturated carbocycles. The first-order valence-electron chi connectivity index (χ1n) is 3.43. The molecule has 64 valence electrons. The Kier molecular flexibility index (Phi) is 4.94. The minimum absolute atomic E-state index is 0.278. The smallest absolute Gasteiger partial charge is 0.314 e. The first-order chi connectivity index (χ1) is 5.09. The Balaban J connectivity index is 3.90. The normalized spacial score (nSPS) is 12.5. The van der Waals surface area contributed by atoms with Crippen LogP contribution in [0.2, 0.25) is 0 Å². The predicted molar refractivity (Wildman–Crippen MR) is 44.9 cm³/mol. The maximum absolute atomic E-state index is 10.7. The van der Waals surface area contributed by atoms with Crippen molar-refractivity contribution in [2.75, 3.05) is 5.75 Å². The second kappa shape index (κ2) is 5.18. The van der Waals surface area contributed by atoms with Gasteiger partial charge in [-0.15, -0.1) is 0 Å².